The highest BCUT2D eigenvalue weighted by molar-refractivity contribution is 5.38. The second-order valence-corrected chi connectivity index (χ2v) is 3.75. The number of hydrogen-bond donors (Lipinski definition) is 1. The van der Waals surface area contributed by atoms with Crippen molar-refractivity contribution in [2.24, 2.45) is 12.8 Å². The van der Waals surface area contributed by atoms with Gasteiger partial charge in [-0.05, 0) is 13.0 Å². The Bertz CT molecular complexity index is 524. The Kier molecular flexibility index (Phi) is 3.06. The van der Waals surface area contributed by atoms with Crippen molar-refractivity contribution >= 4 is 0 Å². The van der Waals surface area contributed by atoms with Crippen molar-refractivity contribution in [3.8, 4) is 11.8 Å². The number of nitrogens with zero attached hydrogens (tertiary/aromatic N) is 3. The Morgan fingerprint density at radius 2 is 2.24 bits per heavy atom. The zero-order valence-electron chi connectivity index (χ0n) is 9.59. The minimum atomic E-state index is -0.479. The van der Waals surface area contributed by atoms with Gasteiger partial charge < -0.3 is 10.5 Å². The van der Waals surface area contributed by atoms with Gasteiger partial charge in [0.1, 0.15) is 6.33 Å². The molecule has 0 spiro atoms. The number of aromatic nitrogens is 3. The van der Waals surface area contributed by atoms with Gasteiger partial charge in [0.15, 0.2) is 11.6 Å². The van der Waals surface area contributed by atoms with Crippen LogP contribution in [0.15, 0.2) is 24.5 Å². The zero-order valence-corrected chi connectivity index (χ0v) is 9.59. The molecule has 0 aliphatic rings. The molecule has 5 nitrogen and oxygen atoms in total. The van der Waals surface area contributed by atoms with Crippen LogP contribution in [0.25, 0.3) is 0 Å². The summed E-state index contributed by atoms with van der Waals surface area (Å²) in [5.41, 5.74) is 6.33. The Balaban J connectivity index is 2.37. The van der Waals surface area contributed by atoms with Crippen LogP contribution in [0.3, 0.4) is 0 Å². The van der Waals surface area contributed by atoms with Crippen LogP contribution in [-0.4, -0.2) is 14.8 Å². The van der Waals surface area contributed by atoms with Crippen molar-refractivity contribution in [1.29, 1.82) is 0 Å². The molecule has 0 radical (unpaired) electrons. The molecule has 0 unspecified atom stereocenters. The van der Waals surface area contributed by atoms with E-state index in [-0.39, 0.29) is 17.8 Å². The maximum Gasteiger partial charge on any atom is 0.341 e. The van der Waals surface area contributed by atoms with E-state index in [0.29, 0.717) is 5.56 Å². The molecule has 0 aliphatic carbocycles. The molecule has 90 valence electrons. The molecule has 1 aromatic carbocycles. The number of ether oxygens (including phenoxy) is 1. The zero-order chi connectivity index (χ0) is 12.4. The van der Waals surface area contributed by atoms with Gasteiger partial charge in [0.05, 0.1) is 0 Å². The highest BCUT2D eigenvalue weighted by Crippen LogP contribution is 2.29. The second-order valence-electron chi connectivity index (χ2n) is 3.75. The minimum Gasteiger partial charge on any atom is -0.420 e. The van der Waals surface area contributed by atoms with Gasteiger partial charge in [-0.15, -0.1) is 5.10 Å². The van der Waals surface area contributed by atoms with E-state index in [1.54, 1.807) is 26.1 Å². The summed E-state index contributed by atoms with van der Waals surface area (Å²) in [6.45, 7) is 1.76. The SMILES string of the molecule is C[C@H](N)c1cccc(F)c1Oc1ncn(C)n1. The number of rotatable bonds is 3. The number of hydrogen-bond acceptors (Lipinski definition) is 4. The average molecular weight is 236 g/mol. The van der Waals surface area contributed by atoms with Crippen LogP contribution in [0.4, 0.5) is 4.39 Å². The molecular weight excluding hydrogens is 223 g/mol. The number of nitrogens with two attached hydrogens (primary N) is 1. The lowest BCUT2D eigenvalue weighted by molar-refractivity contribution is 0.401. The fraction of sp³-hybridized carbons (Fsp3) is 0.273. The molecule has 1 aromatic heterocycles. The molecule has 0 bridgehead atoms. The highest BCUT2D eigenvalue weighted by atomic mass is 19.1. The Morgan fingerprint density at radius 3 is 2.82 bits per heavy atom. The molecule has 2 N–H and O–H groups in total. The molecule has 0 saturated heterocycles. The summed E-state index contributed by atoms with van der Waals surface area (Å²) in [5, 5.41) is 3.92. The molecule has 6 heteroatoms. The van der Waals surface area contributed by atoms with Crippen LogP contribution in [0, 0.1) is 5.82 Å². The summed E-state index contributed by atoms with van der Waals surface area (Å²) in [6.07, 6.45) is 1.47. The van der Waals surface area contributed by atoms with Crippen molar-refractivity contribution in [2.75, 3.05) is 0 Å². The van der Waals surface area contributed by atoms with Gasteiger partial charge >= 0.3 is 6.01 Å². The van der Waals surface area contributed by atoms with Gasteiger partial charge in [-0.25, -0.2) is 4.39 Å². The number of para-hydroxylation sites is 1. The third-order valence-electron chi connectivity index (χ3n) is 2.26. The smallest absolute Gasteiger partial charge is 0.341 e. The van der Waals surface area contributed by atoms with E-state index >= 15 is 0 Å². The normalized spacial score (nSPS) is 12.5. The van der Waals surface area contributed by atoms with Gasteiger partial charge in [0.25, 0.3) is 0 Å². The molecule has 2 rings (SSSR count). The van der Waals surface area contributed by atoms with Crippen LogP contribution in [0.1, 0.15) is 18.5 Å². The van der Waals surface area contributed by atoms with Gasteiger partial charge in [-0.1, -0.05) is 12.1 Å². The summed E-state index contributed by atoms with van der Waals surface area (Å²) in [6, 6.07) is 4.38. The third kappa shape index (κ3) is 2.42. The predicted molar refractivity (Wildman–Crippen MR) is 60.1 cm³/mol. The van der Waals surface area contributed by atoms with E-state index in [0.717, 1.165) is 0 Å². The largest absolute Gasteiger partial charge is 0.420 e. The number of aryl methyl sites for hydroxylation is 1. The Morgan fingerprint density at radius 1 is 1.47 bits per heavy atom. The van der Waals surface area contributed by atoms with E-state index < -0.39 is 5.82 Å². The average Bonchev–Trinajstić information content (AvgIpc) is 2.67. The van der Waals surface area contributed by atoms with Crippen molar-refractivity contribution in [3.05, 3.63) is 35.9 Å². The van der Waals surface area contributed by atoms with E-state index in [4.69, 9.17) is 10.5 Å². The van der Waals surface area contributed by atoms with E-state index in [2.05, 4.69) is 10.1 Å². The van der Waals surface area contributed by atoms with Crippen molar-refractivity contribution in [3.63, 3.8) is 0 Å². The van der Waals surface area contributed by atoms with Gasteiger partial charge in [0, 0.05) is 18.7 Å². The van der Waals surface area contributed by atoms with Crippen LogP contribution in [0.2, 0.25) is 0 Å². The highest BCUT2D eigenvalue weighted by Gasteiger charge is 2.15. The molecular formula is C11H13FN4O. The lowest BCUT2D eigenvalue weighted by Crippen LogP contribution is -2.08. The van der Waals surface area contributed by atoms with Crippen LogP contribution >= 0.6 is 0 Å². The third-order valence-corrected chi connectivity index (χ3v) is 2.26. The van der Waals surface area contributed by atoms with Crippen LogP contribution < -0.4 is 10.5 Å². The van der Waals surface area contributed by atoms with E-state index in [9.17, 15) is 4.39 Å². The monoisotopic (exact) mass is 236 g/mol. The van der Waals surface area contributed by atoms with Crippen molar-refractivity contribution in [2.45, 2.75) is 13.0 Å². The first-order valence-corrected chi connectivity index (χ1v) is 5.15. The van der Waals surface area contributed by atoms with Crippen molar-refractivity contribution < 1.29 is 9.13 Å². The minimum absolute atomic E-state index is 0.0775. The maximum absolute atomic E-state index is 13.7. The van der Waals surface area contributed by atoms with Gasteiger partial charge in [-0.3, -0.25) is 4.68 Å². The molecule has 0 amide bonds. The molecule has 1 heterocycles. The van der Waals surface area contributed by atoms with Crippen LogP contribution in [0.5, 0.6) is 11.8 Å². The number of benzene rings is 1. The second kappa shape index (κ2) is 4.50. The molecule has 0 fully saturated rings. The quantitative estimate of drug-likeness (QED) is 0.881. The molecule has 2 aromatic rings. The van der Waals surface area contributed by atoms with E-state index in [1.165, 1.54) is 17.1 Å². The van der Waals surface area contributed by atoms with Crippen LogP contribution in [-0.2, 0) is 7.05 Å². The molecule has 0 saturated carbocycles. The molecule has 1 atom stereocenters. The Labute approximate surface area is 98.0 Å². The van der Waals surface area contributed by atoms with Gasteiger partial charge in [-0.2, -0.15) is 4.98 Å². The fourth-order valence-corrected chi connectivity index (χ4v) is 1.45. The molecule has 0 aliphatic heterocycles. The van der Waals surface area contributed by atoms with E-state index in [1.807, 2.05) is 0 Å². The summed E-state index contributed by atoms with van der Waals surface area (Å²) in [7, 11) is 1.70. The molecule has 17 heavy (non-hydrogen) atoms. The van der Waals surface area contributed by atoms with Gasteiger partial charge in [0.2, 0.25) is 0 Å². The van der Waals surface area contributed by atoms with Crippen molar-refractivity contribution in [1.82, 2.24) is 14.8 Å². The lowest BCUT2D eigenvalue weighted by Gasteiger charge is -2.12. The topological polar surface area (TPSA) is 66.0 Å². The summed E-state index contributed by atoms with van der Waals surface area (Å²) < 4.78 is 20.5. The standard InChI is InChI=1S/C11H13FN4O/c1-7(13)8-4-3-5-9(12)10(8)17-11-14-6-16(2)15-11/h3-7H,13H2,1-2H3/t7-/m0/s1. The summed E-state index contributed by atoms with van der Waals surface area (Å²) in [4.78, 5) is 3.87. The summed E-state index contributed by atoms with van der Waals surface area (Å²) in [5.74, 6) is -0.402. The Hall–Kier alpha value is -1.95. The first kappa shape index (κ1) is 11.5. The fourth-order valence-electron chi connectivity index (χ4n) is 1.45. The maximum atomic E-state index is 13.7. The first-order chi connectivity index (χ1) is 8.08. The first-order valence-electron chi connectivity index (χ1n) is 5.15. The lowest BCUT2D eigenvalue weighted by atomic mass is 10.1. The number of halogens is 1. The summed E-state index contributed by atoms with van der Waals surface area (Å²) >= 11 is 0. The predicted octanol–water partition coefficient (Wildman–Crippen LogP) is 1.77.